The van der Waals surface area contributed by atoms with Crippen LogP contribution in [0.15, 0.2) is 24.3 Å². The molecular formula is C20H30N2O2. The zero-order chi connectivity index (χ0) is 16.8. The van der Waals surface area contributed by atoms with Crippen LogP contribution in [0.1, 0.15) is 67.3 Å². The minimum absolute atomic E-state index is 0.322. The number of hydrogen-bond donors (Lipinski definition) is 2. The Kier molecular flexibility index (Phi) is 5.90. The molecule has 4 heteroatoms. The van der Waals surface area contributed by atoms with Crippen molar-refractivity contribution >= 4 is 5.97 Å². The maximum absolute atomic E-state index is 11.1. The van der Waals surface area contributed by atoms with E-state index in [2.05, 4.69) is 10.2 Å². The molecular weight excluding hydrogens is 300 g/mol. The summed E-state index contributed by atoms with van der Waals surface area (Å²) in [7, 11) is 0. The maximum Gasteiger partial charge on any atom is 0.335 e. The number of piperidine rings is 1. The van der Waals surface area contributed by atoms with E-state index in [9.17, 15) is 4.79 Å². The summed E-state index contributed by atoms with van der Waals surface area (Å²) in [5.41, 5.74) is 1.75. The minimum atomic E-state index is -0.853. The second kappa shape index (κ2) is 8.13. The van der Waals surface area contributed by atoms with Gasteiger partial charge in [0, 0.05) is 18.6 Å². The Labute approximate surface area is 145 Å². The third kappa shape index (κ3) is 4.17. The normalized spacial score (nSPS) is 21.5. The highest BCUT2D eigenvalue weighted by atomic mass is 16.4. The summed E-state index contributed by atoms with van der Waals surface area (Å²) >= 11 is 0. The molecule has 4 nitrogen and oxygen atoms in total. The number of carboxylic acids is 1. The first-order valence-corrected chi connectivity index (χ1v) is 9.48. The summed E-state index contributed by atoms with van der Waals surface area (Å²) in [5.74, 6) is -0.853. The second-order valence-electron chi connectivity index (χ2n) is 7.44. The highest BCUT2D eigenvalue weighted by Gasteiger charge is 2.37. The zero-order valence-electron chi connectivity index (χ0n) is 14.6. The number of carbonyl (C=O) groups is 1. The Morgan fingerprint density at radius 3 is 2.50 bits per heavy atom. The van der Waals surface area contributed by atoms with Crippen LogP contribution in [-0.2, 0) is 6.54 Å². The van der Waals surface area contributed by atoms with Crippen molar-refractivity contribution in [2.24, 2.45) is 0 Å². The van der Waals surface area contributed by atoms with Gasteiger partial charge in [0.2, 0.25) is 0 Å². The van der Waals surface area contributed by atoms with Gasteiger partial charge in [-0.3, -0.25) is 4.90 Å². The Morgan fingerprint density at radius 1 is 1.08 bits per heavy atom. The molecule has 0 spiro atoms. The lowest BCUT2D eigenvalue weighted by Crippen LogP contribution is -2.57. The first kappa shape index (κ1) is 17.4. The van der Waals surface area contributed by atoms with E-state index < -0.39 is 5.97 Å². The third-order valence-electron chi connectivity index (χ3n) is 5.77. The van der Waals surface area contributed by atoms with Gasteiger partial charge in [0.15, 0.2) is 0 Å². The van der Waals surface area contributed by atoms with E-state index in [0.29, 0.717) is 11.1 Å². The van der Waals surface area contributed by atoms with Crippen LogP contribution in [0, 0.1) is 0 Å². The van der Waals surface area contributed by atoms with Crippen molar-refractivity contribution in [3.63, 3.8) is 0 Å². The van der Waals surface area contributed by atoms with Gasteiger partial charge in [0.25, 0.3) is 0 Å². The number of benzene rings is 1. The summed E-state index contributed by atoms with van der Waals surface area (Å²) in [5, 5.41) is 12.8. The summed E-state index contributed by atoms with van der Waals surface area (Å²) < 4.78 is 0. The Hall–Kier alpha value is -1.39. The van der Waals surface area contributed by atoms with Gasteiger partial charge in [-0.1, -0.05) is 37.8 Å². The van der Waals surface area contributed by atoms with Crippen LogP contribution < -0.4 is 5.32 Å². The molecule has 2 N–H and O–H groups in total. The van der Waals surface area contributed by atoms with Crippen molar-refractivity contribution < 1.29 is 9.90 Å². The summed E-state index contributed by atoms with van der Waals surface area (Å²) in [6.07, 6.45) is 10.7. The lowest BCUT2D eigenvalue weighted by molar-refractivity contribution is 0.0333. The van der Waals surface area contributed by atoms with Crippen LogP contribution in [0.2, 0.25) is 0 Å². The first-order chi connectivity index (χ1) is 11.7. The summed E-state index contributed by atoms with van der Waals surface area (Å²) in [4.78, 5) is 13.9. The number of hydrogen-bond acceptors (Lipinski definition) is 3. The molecule has 132 valence electrons. The predicted molar refractivity (Wildman–Crippen MR) is 96.3 cm³/mol. The molecule has 1 heterocycles. The third-order valence-corrected chi connectivity index (χ3v) is 5.77. The van der Waals surface area contributed by atoms with Crippen LogP contribution in [0.3, 0.4) is 0 Å². The number of aromatic carboxylic acids is 1. The van der Waals surface area contributed by atoms with Crippen LogP contribution in [0.25, 0.3) is 0 Å². The van der Waals surface area contributed by atoms with Gasteiger partial charge >= 0.3 is 5.97 Å². The molecule has 3 rings (SSSR count). The summed E-state index contributed by atoms with van der Waals surface area (Å²) in [6.45, 7) is 4.26. The average Bonchev–Trinajstić information content (AvgIpc) is 2.63. The molecule has 2 fully saturated rings. The Balaban J connectivity index is 1.61. The molecule has 24 heavy (non-hydrogen) atoms. The van der Waals surface area contributed by atoms with E-state index in [4.69, 9.17) is 5.11 Å². The molecule has 1 saturated carbocycles. The van der Waals surface area contributed by atoms with E-state index in [1.165, 1.54) is 64.5 Å². The minimum Gasteiger partial charge on any atom is -0.478 e. The molecule has 0 aromatic heterocycles. The Morgan fingerprint density at radius 2 is 1.79 bits per heavy atom. The van der Waals surface area contributed by atoms with Crippen LogP contribution in [0.5, 0.6) is 0 Å². The molecule has 0 amide bonds. The molecule has 1 saturated heterocycles. The Bertz CT molecular complexity index is 546. The topological polar surface area (TPSA) is 52.6 Å². The lowest BCUT2D eigenvalue weighted by atomic mass is 9.79. The number of likely N-dealkylation sites (tertiary alicyclic amines) is 1. The highest BCUT2D eigenvalue weighted by molar-refractivity contribution is 5.87. The predicted octanol–water partition coefficient (Wildman–Crippen LogP) is 3.66. The molecule has 0 radical (unpaired) electrons. The quantitative estimate of drug-likeness (QED) is 0.836. The van der Waals surface area contributed by atoms with E-state index in [1.54, 1.807) is 12.1 Å². The largest absolute Gasteiger partial charge is 0.478 e. The SMILES string of the molecule is O=C(O)c1cccc(CNCC2(N3CCCCC3)CCCCC2)c1. The number of carboxylic acid groups (broad SMARTS) is 1. The van der Waals surface area contributed by atoms with Crippen molar-refractivity contribution in [2.45, 2.75) is 63.5 Å². The first-order valence-electron chi connectivity index (χ1n) is 9.48. The van der Waals surface area contributed by atoms with Crippen LogP contribution >= 0.6 is 0 Å². The molecule has 1 aromatic rings. The van der Waals surface area contributed by atoms with Crippen molar-refractivity contribution in [3.05, 3.63) is 35.4 Å². The van der Waals surface area contributed by atoms with Crippen molar-refractivity contribution in [2.75, 3.05) is 19.6 Å². The highest BCUT2D eigenvalue weighted by Crippen LogP contribution is 2.35. The van der Waals surface area contributed by atoms with Crippen molar-refractivity contribution in [1.29, 1.82) is 0 Å². The fourth-order valence-electron chi connectivity index (χ4n) is 4.44. The molecule has 1 aliphatic carbocycles. The van der Waals surface area contributed by atoms with Gasteiger partial charge < -0.3 is 10.4 Å². The zero-order valence-corrected chi connectivity index (χ0v) is 14.6. The standard InChI is InChI=1S/C20H30N2O2/c23-19(24)18-9-7-8-17(14-18)15-21-16-20(10-3-1-4-11-20)22-12-5-2-6-13-22/h7-9,14,21H,1-6,10-13,15-16H2,(H,23,24). The number of nitrogens with zero attached hydrogens (tertiary/aromatic N) is 1. The number of rotatable bonds is 6. The lowest BCUT2D eigenvalue weighted by Gasteiger charge is -2.48. The van der Waals surface area contributed by atoms with Gasteiger partial charge in [0.1, 0.15) is 0 Å². The van der Waals surface area contributed by atoms with E-state index in [0.717, 1.165) is 18.7 Å². The van der Waals surface area contributed by atoms with Gasteiger partial charge in [0.05, 0.1) is 5.56 Å². The van der Waals surface area contributed by atoms with Gasteiger partial charge in [-0.05, 0) is 56.5 Å². The fourth-order valence-corrected chi connectivity index (χ4v) is 4.44. The van der Waals surface area contributed by atoms with Gasteiger partial charge in [-0.2, -0.15) is 0 Å². The molecule has 0 unspecified atom stereocenters. The fraction of sp³-hybridized carbons (Fsp3) is 0.650. The molecule has 2 aliphatic rings. The van der Waals surface area contributed by atoms with Crippen LogP contribution in [0.4, 0.5) is 0 Å². The van der Waals surface area contributed by atoms with E-state index in [-0.39, 0.29) is 0 Å². The summed E-state index contributed by atoms with van der Waals surface area (Å²) in [6, 6.07) is 7.28. The number of nitrogens with one attached hydrogen (secondary N) is 1. The van der Waals surface area contributed by atoms with Crippen LogP contribution in [-0.4, -0.2) is 41.1 Å². The molecule has 1 aliphatic heterocycles. The van der Waals surface area contributed by atoms with Crippen molar-refractivity contribution in [3.8, 4) is 0 Å². The molecule has 1 aromatic carbocycles. The average molecular weight is 330 g/mol. The van der Waals surface area contributed by atoms with E-state index in [1.807, 2.05) is 12.1 Å². The van der Waals surface area contributed by atoms with Gasteiger partial charge in [-0.25, -0.2) is 4.79 Å². The maximum atomic E-state index is 11.1. The van der Waals surface area contributed by atoms with Gasteiger partial charge in [-0.15, -0.1) is 0 Å². The monoisotopic (exact) mass is 330 g/mol. The van der Waals surface area contributed by atoms with E-state index >= 15 is 0 Å². The second-order valence-corrected chi connectivity index (χ2v) is 7.44. The molecule has 0 bridgehead atoms. The molecule has 0 atom stereocenters. The van der Waals surface area contributed by atoms with Crippen molar-refractivity contribution in [1.82, 2.24) is 10.2 Å². The smallest absolute Gasteiger partial charge is 0.335 e.